The lowest BCUT2D eigenvalue weighted by molar-refractivity contribution is -0.144. The highest BCUT2D eigenvalue weighted by molar-refractivity contribution is 7.07. The number of carbonyl (C=O) groups is 1. The number of esters is 1. The molecular formula is C11H13N3O2S. The van der Waals surface area contributed by atoms with E-state index in [1.54, 1.807) is 23.6 Å². The van der Waals surface area contributed by atoms with Gasteiger partial charge in [0.2, 0.25) is 0 Å². The van der Waals surface area contributed by atoms with Crippen LogP contribution in [0.1, 0.15) is 5.56 Å². The lowest BCUT2D eigenvalue weighted by Gasteiger charge is -2.03. The van der Waals surface area contributed by atoms with Crippen molar-refractivity contribution in [3.05, 3.63) is 34.7 Å². The van der Waals surface area contributed by atoms with Crippen LogP contribution < -0.4 is 5.73 Å². The number of anilines is 1. The first-order valence-electron chi connectivity index (χ1n) is 5.19. The highest BCUT2D eigenvalue weighted by Gasteiger charge is 2.05. The highest BCUT2D eigenvalue weighted by Crippen LogP contribution is 2.06. The number of nitrogen functional groups attached to an aromatic ring is 1. The van der Waals surface area contributed by atoms with Crippen molar-refractivity contribution in [3.63, 3.8) is 0 Å². The fraction of sp³-hybridized carbons (Fsp3) is 0.273. The van der Waals surface area contributed by atoms with Crippen molar-refractivity contribution in [3.8, 4) is 0 Å². The molecule has 0 saturated carbocycles. The number of hydrogen-bond acceptors (Lipinski definition) is 5. The summed E-state index contributed by atoms with van der Waals surface area (Å²) in [5, 5.41) is 7.95. The van der Waals surface area contributed by atoms with Crippen LogP contribution in [0.5, 0.6) is 0 Å². The van der Waals surface area contributed by atoms with Gasteiger partial charge in [-0.1, -0.05) is 0 Å². The maximum atomic E-state index is 11.4. The summed E-state index contributed by atoms with van der Waals surface area (Å²) in [6.45, 7) is 0.493. The van der Waals surface area contributed by atoms with Gasteiger partial charge in [-0.25, -0.2) is 0 Å². The number of nitrogens with zero attached hydrogens (tertiary/aromatic N) is 2. The second kappa shape index (κ2) is 5.49. The highest BCUT2D eigenvalue weighted by atomic mass is 32.1. The Morgan fingerprint density at radius 3 is 3.06 bits per heavy atom. The molecule has 0 aromatic carbocycles. The molecule has 0 radical (unpaired) electrons. The molecule has 0 spiro atoms. The predicted molar refractivity (Wildman–Crippen MR) is 65.6 cm³/mol. The van der Waals surface area contributed by atoms with Gasteiger partial charge in [0.1, 0.15) is 12.4 Å². The number of rotatable bonds is 5. The van der Waals surface area contributed by atoms with Gasteiger partial charge in [0.25, 0.3) is 0 Å². The van der Waals surface area contributed by atoms with E-state index in [4.69, 9.17) is 10.5 Å². The Kier molecular flexibility index (Phi) is 3.77. The summed E-state index contributed by atoms with van der Waals surface area (Å²) < 4.78 is 6.55. The third-order valence-corrected chi connectivity index (χ3v) is 2.92. The zero-order valence-corrected chi connectivity index (χ0v) is 10.0. The van der Waals surface area contributed by atoms with E-state index in [0.717, 1.165) is 6.42 Å². The molecule has 2 aromatic heterocycles. The molecule has 2 heterocycles. The second-order valence-corrected chi connectivity index (χ2v) is 4.32. The van der Waals surface area contributed by atoms with Gasteiger partial charge in [-0.05, 0) is 28.5 Å². The maximum Gasteiger partial charge on any atom is 0.327 e. The Labute approximate surface area is 103 Å². The third-order valence-electron chi connectivity index (χ3n) is 2.19. The van der Waals surface area contributed by atoms with Gasteiger partial charge in [-0.3, -0.25) is 9.48 Å². The van der Waals surface area contributed by atoms with Crippen LogP contribution in [0.3, 0.4) is 0 Å². The number of hydrogen-bond donors (Lipinski definition) is 1. The van der Waals surface area contributed by atoms with Gasteiger partial charge in [0.05, 0.1) is 6.61 Å². The van der Waals surface area contributed by atoms with E-state index in [0.29, 0.717) is 12.4 Å². The van der Waals surface area contributed by atoms with Crippen molar-refractivity contribution >= 4 is 23.1 Å². The molecule has 0 saturated heterocycles. The molecule has 0 atom stereocenters. The summed E-state index contributed by atoms with van der Waals surface area (Å²) in [4.78, 5) is 11.4. The Balaban J connectivity index is 1.71. The number of thiophene rings is 1. The van der Waals surface area contributed by atoms with Crippen molar-refractivity contribution < 1.29 is 9.53 Å². The first-order chi connectivity index (χ1) is 8.24. The summed E-state index contributed by atoms with van der Waals surface area (Å²) >= 11 is 1.64. The van der Waals surface area contributed by atoms with E-state index in [-0.39, 0.29) is 12.5 Å². The summed E-state index contributed by atoms with van der Waals surface area (Å²) in [6.07, 6.45) is 2.39. The Morgan fingerprint density at radius 2 is 2.41 bits per heavy atom. The van der Waals surface area contributed by atoms with Gasteiger partial charge in [0.15, 0.2) is 0 Å². The molecule has 5 nitrogen and oxygen atoms in total. The van der Waals surface area contributed by atoms with Gasteiger partial charge in [-0.15, -0.1) is 0 Å². The van der Waals surface area contributed by atoms with E-state index in [1.165, 1.54) is 10.2 Å². The van der Waals surface area contributed by atoms with Gasteiger partial charge < -0.3 is 10.5 Å². The molecule has 17 heavy (non-hydrogen) atoms. The number of carbonyl (C=O) groups excluding carboxylic acids is 1. The van der Waals surface area contributed by atoms with Crippen LogP contribution in [0.25, 0.3) is 0 Å². The molecule has 0 unspecified atom stereocenters. The summed E-state index contributed by atoms with van der Waals surface area (Å²) in [7, 11) is 0. The molecule has 0 aliphatic rings. The van der Waals surface area contributed by atoms with Crippen LogP contribution in [0.4, 0.5) is 5.82 Å². The van der Waals surface area contributed by atoms with E-state index in [1.807, 2.05) is 16.8 Å². The zero-order valence-electron chi connectivity index (χ0n) is 9.20. The first-order valence-corrected chi connectivity index (χ1v) is 6.14. The Morgan fingerprint density at radius 1 is 1.53 bits per heavy atom. The maximum absolute atomic E-state index is 11.4. The first kappa shape index (κ1) is 11.7. The minimum absolute atomic E-state index is 0.0981. The molecule has 0 fully saturated rings. The fourth-order valence-electron chi connectivity index (χ4n) is 1.36. The quantitative estimate of drug-likeness (QED) is 0.813. The molecule has 0 aliphatic carbocycles. The zero-order chi connectivity index (χ0) is 12.1. The summed E-state index contributed by atoms with van der Waals surface area (Å²) in [5.41, 5.74) is 6.62. The van der Waals surface area contributed by atoms with Crippen LogP contribution in [0.2, 0.25) is 0 Å². The van der Waals surface area contributed by atoms with Crippen LogP contribution >= 0.6 is 11.3 Å². The minimum atomic E-state index is -0.302. The predicted octanol–water partition coefficient (Wildman–Crippen LogP) is 1.31. The van der Waals surface area contributed by atoms with Crippen molar-refractivity contribution in [2.24, 2.45) is 0 Å². The summed E-state index contributed by atoms with van der Waals surface area (Å²) in [5.74, 6) is 0.0967. The number of nitrogens with two attached hydrogens (primary N) is 1. The SMILES string of the molecule is Nc1ccn(CC(=O)OCCc2ccsc2)n1. The summed E-state index contributed by atoms with van der Waals surface area (Å²) in [6, 6.07) is 3.66. The van der Waals surface area contributed by atoms with E-state index >= 15 is 0 Å². The van der Waals surface area contributed by atoms with Crippen LogP contribution in [-0.2, 0) is 22.5 Å². The fourth-order valence-corrected chi connectivity index (χ4v) is 2.06. The topological polar surface area (TPSA) is 70.1 Å². The molecule has 2 N–H and O–H groups in total. The molecule has 0 bridgehead atoms. The van der Waals surface area contributed by atoms with E-state index < -0.39 is 0 Å². The van der Waals surface area contributed by atoms with E-state index in [2.05, 4.69) is 5.10 Å². The molecule has 0 aliphatic heterocycles. The smallest absolute Gasteiger partial charge is 0.327 e. The van der Waals surface area contributed by atoms with Crippen LogP contribution in [-0.4, -0.2) is 22.4 Å². The standard InChI is InChI=1S/C11H13N3O2S/c12-10-1-4-14(13-10)7-11(15)16-5-2-9-3-6-17-8-9/h1,3-4,6,8H,2,5,7H2,(H2,12,13). The molecule has 2 rings (SSSR count). The largest absolute Gasteiger partial charge is 0.464 e. The van der Waals surface area contributed by atoms with Crippen molar-refractivity contribution in [1.82, 2.24) is 9.78 Å². The minimum Gasteiger partial charge on any atom is -0.464 e. The lowest BCUT2D eigenvalue weighted by Crippen LogP contribution is -2.15. The van der Waals surface area contributed by atoms with Crippen molar-refractivity contribution in [2.45, 2.75) is 13.0 Å². The molecular weight excluding hydrogens is 238 g/mol. The average Bonchev–Trinajstić information content (AvgIpc) is 2.90. The molecule has 2 aromatic rings. The second-order valence-electron chi connectivity index (χ2n) is 3.54. The Bertz CT molecular complexity index is 479. The van der Waals surface area contributed by atoms with Gasteiger partial charge >= 0.3 is 5.97 Å². The number of ether oxygens (including phenoxy) is 1. The third kappa shape index (κ3) is 3.60. The van der Waals surface area contributed by atoms with E-state index in [9.17, 15) is 4.79 Å². The monoisotopic (exact) mass is 251 g/mol. The van der Waals surface area contributed by atoms with Crippen LogP contribution in [0.15, 0.2) is 29.1 Å². The lowest BCUT2D eigenvalue weighted by atomic mass is 10.3. The van der Waals surface area contributed by atoms with Gasteiger partial charge in [-0.2, -0.15) is 16.4 Å². The number of aromatic nitrogens is 2. The molecule has 6 heteroatoms. The average molecular weight is 251 g/mol. The molecule has 90 valence electrons. The van der Waals surface area contributed by atoms with Crippen molar-refractivity contribution in [1.29, 1.82) is 0 Å². The normalized spacial score (nSPS) is 10.4. The van der Waals surface area contributed by atoms with Crippen molar-refractivity contribution in [2.75, 3.05) is 12.3 Å². The Hall–Kier alpha value is -1.82. The van der Waals surface area contributed by atoms with Gasteiger partial charge in [0, 0.05) is 12.6 Å². The van der Waals surface area contributed by atoms with Crippen LogP contribution in [0, 0.1) is 0 Å². The molecule has 0 amide bonds.